The minimum atomic E-state index is 0.454. The van der Waals surface area contributed by atoms with Gasteiger partial charge in [0.25, 0.3) is 0 Å². The molecule has 3 heterocycles. The van der Waals surface area contributed by atoms with Gasteiger partial charge in [-0.05, 0) is 134 Å². The predicted molar refractivity (Wildman–Crippen MR) is 200 cm³/mol. The maximum Gasteiger partial charge on any atom is 0.0346 e. The second-order valence-electron chi connectivity index (χ2n) is 12.6. The van der Waals surface area contributed by atoms with Crippen LogP contribution in [0, 0.1) is 0 Å². The Kier molecular flexibility index (Phi) is 9.29. The third-order valence-corrected chi connectivity index (χ3v) is 9.48. The minimum Gasteiger partial charge on any atom is -0.265 e. The molecule has 2 atom stereocenters. The molecule has 0 aliphatic heterocycles. The summed E-state index contributed by atoms with van der Waals surface area (Å²) in [4.78, 5) is 12.8. The van der Waals surface area contributed by atoms with Gasteiger partial charge in [-0.2, -0.15) is 0 Å². The van der Waals surface area contributed by atoms with Crippen molar-refractivity contribution in [3.63, 3.8) is 0 Å². The lowest BCUT2D eigenvalue weighted by atomic mass is 9.84. The van der Waals surface area contributed by atoms with E-state index in [-0.39, 0.29) is 0 Å². The molecule has 0 aliphatic rings. The van der Waals surface area contributed by atoms with E-state index in [9.17, 15) is 0 Å². The molecule has 0 radical (unpaired) electrons. The van der Waals surface area contributed by atoms with Crippen molar-refractivity contribution in [2.24, 2.45) is 0 Å². The lowest BCUT2D eigenvalue weighted by molar-refractivity contribution is 0.544. The van der Waals surface area contributed by atoms with E-state index in [0.29, 0.717) is 11.8 Å². The molecule has 3 aromatic heterocycles. The minimum absolute atomic E-state index is 0.454. The largest absolute Gasteiger partial charge is 0.265 e. The zero-order valence-corrected chi connectivity index (χ0v) is 27.5. The number of nitrogens with zero attached hydrogens (tertiary/aromatic N) is 3. The molecule has 7 aromatic rings. The van der Waals surface area contributed by atoms with Crippen molar-refractivity contribution in [2.75, 3.05) is 0 Å². The van der Waals surface area contributed by atoms with Crippen LogP contribution in [-0.2, 0) is 0 Å². The van der Waals surface area contributed by atoms with Crippen LogP contribution in [0.15, 0.2) is 165 Å². The highest BCUT2D eigenvalue weighted by molar-refractivity contribution is 5.82. The first-order chi connectivity index (χ1) is 23.6. The average Bonchev–Trinajstić information content (AvgIpc) is 3.18. The molecule has 0 saturated heterocycles. The normalized spacial score (nSPS) is 12.4. The molecule has 0 bridgehead atoms. The molecule has 3 nitrogen and oxygen atoms in total. The number of hydrogen-bond acceptors (Lipinski definition) is 3. The predicted octanol–water partition coefficient (Wildman–Crippen LogP) is 11.9. The summed E-state index contributed by atoms with van der Waals surface area (Å²) in [6, 6.07) is 46.3. The molecular formula is C45H39N3. The van der Waals surface area contributed by atoms with E-state index in [1.807, 2.05) is 49.3 Å². The molecule has 0 spiro atoms. The summed E-state index contributed by atoms with van der Waals surface area (Å²) in [6.45, 7) is 4.63. The molecule has 4 aromatic carbocycles. The molecule has 0 amide bonds. The molecule has 234 valence electrons. The van der Waals surface area contributed by atoms with Gasteiger partial charge in [-0.25, -0.2) is 0 Å². The zero-order valence-electron chi connectivity index (χ0n) is 27.5. The summed E-state index contributed by atoms with van der Waals surface area (Å²) in [7, 11) is 0. The molecule has 0 saturated carbocycles. The summed E-state index contributed by atoms with van der Waals surface area (Å²) in [5, 5.41) is 0. The number of hydrogen-bond donors (Lipinski definition) is 0. The second kappa shape index (κ2) is 14.4. The SMILES string of the molecule is CCC(CC(C)c1ccc(-c2cc(-c3ccc(-c4cccnc4)cc3)cc(-c3ccc(-c4cccnc4)cc3)c2)cc1)c1ccncc1. The van der Waals surface area contributed by atoms with E-state index >= 15 is 0 Å². The quantitative estimate of drug-likeness (QED) is 0.152. The monoisotopic (exact) mass is 621 g/mol. The van der Waals surface area contributed by atoms with E-state index < -0.39 is 0 Å². The average molecular weight is 622 g/mol. The van der Waals surface area contributed by atoms with Crippen LogP contribution in [0.3, 0.4) is 0 Å². The van der Waals surface area contributed by atoms with E-state index in [1.165, 1.54) is 44.5 Å². The van der Waals surface area contributed by atoms with Crippen molar-refractivity contribution in [1.82, 2.24) is 15.0 Å². The lowest BCUT2D eigenvalue weighted by Crippen LogP contribution is -2.04. The van der Waals surface area contributed by atoms with Gasteiger partial charge in [0.2, 0.25) is 0 Å². The topological polar surface area (TPSA) is 38.7 Å². The molecule has 0 N–H and O–H groups in total. The Morgan fingerprint density at radius 1 is 0.417 bits per heavy atom. The third-order valence-electron chi connectivity index (χ3n) is 9.48. The maximum absolute atomic E-state index is 4.30. The van der Waals surface area contributed by atoms with Crippen LogP contribution >= 0.6 is 0 Å². The highest BCUT2D eigenvalue weighted by Gasteiger charge is 2.16. The van der Waals surface area contributed by atoms with Crippen LogP contribution in [0.1, 0.15) is 49.7 Å². The summed E-state index contributed by atoms with van der Waals surface area (Å²) < 4.78 is 0. The van der Waals surface area contributed by atoms with Gasteiger partial charge in [0.05, 0.1) is 0 Å². The maximum atomic E-state index is 4.30. The van der Waals surface area contributed by atoms with Crippen LogP contribution in [0.4, 0.5) is 0 Å². The Balaban J connectivity index is 1.21. The molecule has 3 heteroatoms. The number of pyridine rings is 3. The van der Waals surface area contributed by atoms with E-state index in [0.717, 1.165) is 35.1 Å². The van der Waals surface area contributed by atoms with Crippen molar-refractivity contribution in [3.05, 3.63) is 176 Å². The van der Waals surface area contributed by atoms with Crippen LogP contribution in [0.5, 0.6) is 0 Å². The number of aromatic nitrogens is 3. The Morgan fingerprint density at radius 3 is 1.23 bits per heavy atom. The van der Waals surface area contributed by atoms with Crippen molar-refractivity contribution in [1.29, 1.82) is 0 Å². The van der Waals surface area contributed by atoms with Crippen molar-refractivity contribution >= 4 is 0 Å². The fourth-order valence-electron chi connectivity index (χ4n) is 6.65. The molecule has 7 rings (SSSR count). The Bertz CT molecular complexity index is 1950. The number of rotatable bonds is 10. The molecule has 2 unspecified atom stereocenters. The zero-order chi connectivity index (χ0) is 32.7. The fourth-order valence-corrected chi connectivity index (χ4v) is 6.65. The van der Waals surface area contributed by atoms with Gasteiger partial charge in [0, 0.05) is 37.2 Å². The van der Waals surface area contributed by atoms with E-state index in [1.54, 1.807) is 0 Å². The fraction of sp³-hybridized carbons (Fsp3) is 0.133. The number of benzene rings is 4. The third kappa shape index (κ3) is 7.01. The molecular weight excluding hydrogens is 583 g/mol. The summed E-state index contributed by atoms with van der Waals surface area (Å²) in [5.41, 5.74) is 14.5. The van der Waals surface area contributed by atoms with E-state index in [4.69, 9.17) is 0 Å². The van der Waals surface area contributed by atoms with Crippen molar-refractivity contribution < 1.29 is 0 Å². The molecule has 48 heavy (non-hydrogen) atoms. The highest BCUT2D eigenvalue weighted by Crippen LogP contribution is 2.36. The van der Waals surface area contributed by atoms with Crippen LogP contribution in [-0.4, -0.2) is 15.0 Å². The first kappa shape index (κ1) is 31.0. The lowest BCUT2D eigenvalue weighted by Gasteiger charge is -2.21. The van der Waals surface area contributed by atoms with Crippen LogP contribution < -0.4 is 0 Å². The second-order valence-corrected chi connectivity index (χ2v) is 12.6. The summed E-state index contributed by atoms with van der Waals surface area (Å²) in [6.07, 6.45) is 13.5. The van der Waals surface area contributed by atoms with Gasteiger partial charge in [-0.3, -0.25) is 15.0 Å². The van der Waals surface area contributed by atoms with Gasteiger partial charge in [-0.15, -0.1) is 0 Å². The summed E-state index contributed by atoms with van der Waals surface area (Å²) in [5.74, 6) is 0.978. The highest BCUT2D eigenvalue weighted by atomic mass is 14.6. The van der Waals surface area contributed by atoms with Gasteiger partial charge < -0.3 is 0 Å². The Labute approximate surface area is 284 Å². The Morgan fingerprint density at radius 2 is 0.833 bits per heavy atom. The Hall–Kier alpha value is -5.67. The van der Waals surface area contributed by atoms with Crippen LogP contribution in [0.25, 0.3) is 55.6 Å². The molecule has 0 fully saturated rings. The first-order valence-electron chi connectivity index (χ1n) is 16.8. The van der Waals surface area contributed by atoms with Crippen LogP contribution in [0.2, 0.25) is 0 Å². The van der Waals surface area contributed by atoms with Crippen molar-refractivity contribution in [3.8, 4) is 55.6 Å². The van der Waals surface area contributed by atoms with E-state index in [2.05, 4.69) is 144 Å². The smallest absolute Gasteiger partial charge is 0.0346 e. The first-order valence-corrected chi connectivity index (χ1v) is 16.8. The van der Waals surface area contributed by atoms with Crippen molar-refractivity contribution in [2.45, 2.75) is 38.5 Å². The van der Waals surface area contributed by atoms with Gasteiger partial charge in [0.15, 0.2) is 0 Å². The summed E-state index contributed by atoms with van der Waals surface area (Å²) >= 11 is 0. The van der Waals surface area contributed by atoms with Gasteiger partial charge >= 0.3 is 0 Å². The standard InChI is InChI=1S/C45H39N3/c1-3-33(40-20-24-46-25-21-40)26-32(2)34-8-10-37(11-9-34)43-27-44(38-16-12-35(13-17-38)41-6-4-22-47-30-41)29-45(28-43)39-18-14-36(15-19-39)42-7-5-23-48-31-42/h4-25,27-33H,3,26H2,1-2H3. The van der Waals surface area contributed by atoms with Gasteiger partial charge in [0.1, 0.15) is 0 Å². The van der Waals surface area contributed by atoms with Gasteiger partial charge in [-0.1, -0.05) is 98.8 Å². The molecule has 0 aliphatic carbocycles.